The number of hydrogen-bond donors (Lipinski definition) is 0. The Kier molecular flexibility index (Phi) is 1.54. The maximum Gasteiger partial charge on any atom is 0.318 e. The highest BCUT2D eigenvalue weighted by Crippen LogP contribution is 2.63. The molecule has 5 rings (SSSR count). The van der Waals surface area contributed by atoms with Gasteiger partial charge in [0, 0.05) is 0 Å². The first-order chi connectivity index (χ1) is 8.11. The minimum atomic E-state index is -0.296. The fraction of sp³-hybridized carbons (Fsp3) is 0.571. The Bertz CT molecular complexity index is 470. The minimum Gasteiger partial charge on any atom is -0.393 e. The van der Waals surface area contributed by atoms with E-state index in [1.54, 1.807) is 0 Å². The van der Waals surface area contributed by atoms with Gasteiger partial charge in [-0.2, -0.15) is 0 Å². The lowest BCUT2D eigenvalue weighted by Gasteiger charge is -2.56. The Morgan fingerprint density at radius 1 is 0.824 bits per heavy atom. The summed E-state index contributed by atoms with van der Waals surface area (Å²) in [5.74, 6) is 0.332. The van der Waals surface area contributed by atoms with E-state index in [9.17, 15) is 9.59 Å². The molecule has 0 spiro atoms. The van der Waals surface area contributed by atoms with Crippen LogP contribution in [0.25, 0.3) is 0 Å². The number of rotatable bonds is 0. The number of esters is 2. The molecule has 0 aromatic carbocycles. The third-order valence-corrected chi connectivity index (χ3v) is 5.36. The average molecular weight is 230 g/mol. The van der Waals surface area contributed by atoms with E-state index >= 15 is 0 Å². The number of ether oxygens (including phenoxy) is 1. The van der Waals surface area contributed by atoms with Crippen molar-refractivity contribution in [3.8, 4) is 0 Å². The fourth-order valence-corrected chi connectivity index (χ4v) is 4.53. The van der Waals surface area contributed by atoms with Crippen LogP contribution in [0.3, 0.4) is 0 Å². The molecule has 0 radical (unpaired) electrons. The van der Waals surface area contributed by atoms with Crippen molar-refractivity contribution in [1.82, 2.24) is 0 Å². The van der Waals surface area contributed by atoms with E-state index in [1.807, 2.05) is 0 Å². The highest BCUT2D eigenvalue weighted by molar-refractivity contribution is 5.98. The van der Waals surface area contributed by atoms with Crippen LogP contribution in [0.4, 0.5) is 0 Å². The zero-order valence-electron chi connectivity index (χ0n) is 9.84. The van der Waals surface area contributed by atoms with Gasteiger partial charge in [-0.1, -0.05) is 23.3 Å². The zero-order chi connectivity index (χ0) is 11.9. The molecule has 1 heterocycles. The molecule has 1 saturated carbocycles. The van der Waals surface area contributed by atoms with Gasteiger partial charge >= 0.3 is 11.9 Å². The van der Waals surface area contributed by atoms with Gasteiger partial charge < -0.3 is 4.74 Å². The van der Waals surface area contributed by atoms with Crippen LogP contribution in [0.2, 0.25) is 0 Å². The number of cyclic esters (lactones) is 2. The van der Waals surface area contributed by atoms with Gasteiger partial charge in [0.15, 0.2) is 0 Å². The highest BCUT2D eigenvalue weighted by atomic mass is 16.6. The minimum absolute atomic E-state index is 0.192. The normalized spacial score (nSPS) is 50.0. The molecule has 5 aliphatic rings. The molecule has 4 aliphatic carbocycles. The van der Waals surface area contributed by atoms with Gasteiger partial charge in [-0.05, 0) is 37.5 Å². The van der Waals surface area contributed by atoms with Crippen molar-refractivity contribution in [3.05, 3.63) is 23.3 Å². The second kappa shape index (κ2) is 2.71. The van der Waals surface area contributed by atoms with Crippen molar-refractivity contribution in [1.29, 1.82) is 0 Å². The molecule has 3 heteroatoms. The van der Waals surface area contributed by atoms with Crippen molar-refractivity contribution >= 4 is 11.9 Å². The number of carbonyl (C=O) groups excluding carboxylic acids is 2. The van der Waals surface area contributed by atoms with Gasteiger partial charge in [-0.3, -0.25) is 9.59 Å². The van der Waals surface area contributed by atoms with Gasteiger partial charge in [0.1, 0.15) is 0 Å². The fourth-order valence-electron chi connectivity index (χ4n) is 4.53. The number of allylic oxidation sites excluding steroid dienone is 4. The Hall–Kier alpha value is -1.38. The predicted octanol–water partition coefficient (Wildman–Crippen LogP) is 1.70. The van der Waals surface area contributed by atoms with Gasteiger partial charge in [-0.25, -0.2) is 0 Å². The summed E-state index contributed by atoms with van der Waals surface area (Å²) in [5.41, 5.74) is 2.83. The lowest BCUT2D eigenvalue weighted by molar-refractivity contribution is -0.154. The lowest BCUT2D eigenvalue weighted by atomic mass is 9.46. The van der Waals surface area contributed by atoms with Crippen LogP contribution in [0.5, 0.6) is 0 Å². The maximum atomic E-state index is 11.8. The van der Waals surface area contributed by atoms with E-state index in [2.05, 4.69) is 26.0 Å². The van der Waals surface area contributed by atoms with Crippen LogP contribution < -0.4 is 0 Å². The van der Waals surface area contributed by atoms with E-state index in [0.717, 1.165) is 0 Å². The number of carbonyl (C=O) groups is 2. The molecule has 1 aliphatic heterocycles. The highest BCUT2D eigenvalue weighted by Gasteiger charge is 2.64. The quantitative estimate of drug-likeness (QED) is 0.361. The molecule has 6 atom stereocenters. The third-order valence-electron chi connectivity index (χ3n) is 5.36. The Labute approximate surface area is 99.5 Å². The van der Waals surface area contributed by atoms with E-state index in [0.29, 0.717) is 11.8 Å². The van der Waals surface area contributed by atoms with Crippen LogP contribution in [0.1, 0.15) is 13.8 Å². The topological polar surface area (TPSA) is 43.4 Å². The van der Waals surface area contributed by atoms with Crippen molar-refractivity contribution in [3.63, 3.8) is 0 Å². The Morgan fingerprint density at radius 2 is 1.24 bits per heavy atom. The molecule has 0 unspecified atom stereocenters. The molecule has 3 nitrogen and oxygen atoms in total. The average Bonchev–Trinajstić information content (AvgIpc) is 2.65. The largest absolute Gasteiger partial charge is 0.393 e. The van der Waals surface area contributed by atoms with Crippen molar-refractivity contribution < 1.29 is 14.3 Å². The predicted molar refractivity (Wildman–Crippen MR) is 59.6 cm³/mol. The standard InChI is InChI=1S/C14H14O3/c1-5-6(2)10-8-4-3-7(9(5)10)11-12(8)14(16)17-13(11)15/h3-4,7-12H,1-2H3/t7-,8-,9-,10+,11+,12+/m0/s1. The first-order valence-corrected chi connectivity index (χ1v) is 6.22. The van der Waals surface area contributed by atoms with Gasteiger partial charge in [-0.15, -0.1) is 0 Å². The third kappa shape index (κ3) is 0.874. The van der Waals surface area contributed by atoms with Crippen molar-refractivity contribution in [2.45, 2.75) is 13.8 Å². The van der Waals surface area contributed by atoms with Gasteiger partial charge in [0.2, 0.25) is 0 Å². The summed E-state index contributed by atoms with van der Waals surface area (Å²) < 4.78 is 4.85. The molecule has 2 bridgehead atoms. The molecule has 1 saturated heterocycles. The molecule has 0 N–H and O–H groups in total. The zero-order valence-corrected chi connectivity index (χ0v) is 9.84. The second-order valence-corrected chi connectivity index (χ2v) is 5.75. The van der Waals surface area contributed by atoms with Crippen molar-refractivity contribution in [2.24, 2.45) is 35.5 Å². The summed E-state index contributed by atoms with van der Waals surface area (Å²) in [7, 11) is 0. The Morgan fingerprint density at radius 3 is 1.65 bits per heavy atom. The SMILES string of the molecule is CC1=C(C)[C@H]2[C@@H]3C=C[C@H]([C@H]4C(=O)OC(=O)[C@H]34)[C@@H]12. The summed E-state index contributed by atoms with van der Waals surface area (Å²) in [4.78, 5) is 23.6. The summed E-state index contributed by atoms with van der Waals surface area (Å²) in [5, 5.41) is 0. The van der Waals surface area contributed by atoms with E-state index < -0.39 is 0 Å². The van der Waals surface area contributed by atoms with Crippen LogP contribution in [0.15, 0.2) is 23.3 Å². The van der Waals surface area contributed by atoms with E-state index in [4.69, 9.17) is 4.74 Å². The van der Waals surface area contributed by atoms with Gasteiger partial charge in [0.25, 0.3) is 0 Å². The molecule has 0 amide bonds. The van der Waals surface area contributed by atoms with E-state index in [1.165, 1.54) is 11.1 Å². The smallest absolute Gasteiger partial charge is 0.318 e. The first kappa shape index (κ1) is 9.63. The summed E-state index contributed by atoms with van der Waals surface area (Å²) in [6.07, 6.45) is 4.28. The summed E-state index contributed by atoms with van der Waals surface area (Å²) in [6, 6.07) is 0. The van der Waals surface area contributed by atoms with Crippen LogP contribution in [-0.2, 0) is 14.3 Å². The Balaban J connectivity index is 1.86. The van der Waals surface area contributed by atoms with Crippen LogP contribution >= 0.6 is 0 Å². The molecular formula is C14H14O3. The maximum absolute atomic E-state index is 11.8. The molecular weight excluding hydrogens is 216 g/mol. The molecule has 88 valence electrons. The van der Waals surface area contributed by atoms with Gasteiger partial charge in [0.05, 0.1) is 11.8 Å². The van der Waals surface area contributed by atoms with Crippen LogP contribution in [-0.4, -0.2) is 11.9 Å². The molecule has 2 fully saturated rings. The molecule has 0 aromatic rings. The van der Waals surface area contributed by atoms with Crippen molar-refractivity contribution in [2.75, 3.05) is 0 Å². The first-order valence-electron chi connectivity index (χ1n) is 6.22. The second-order valence-electron chi connectivity index (χ2n) is 5.75. The summed E-state index contributed by atoms with van der Waals surface area (Å²) in [6.45, 7) is 4.31. The van der Waals surface area contributed by atoms with Crippen LogP contribution in [0, 0.1) is 35.5 Å². The lowest BCUT2D eigenvalue weighted by Crippen LogP contribution is -2.54. The summed E-state index contributed by atoms with van der Waals surface area (Å²) >= 11 is 0. The molecule has 0 aromatic heterocycles. The molecule has 17 heavy (non-hydrogen) atoms. The number of hydrogen-bond acceptors (Lipinski definition) is 3. The monoisotopic (exact) mass is 230 g/mol. The van der Waals surface area contributed by atoms with E-state index in [-0.39, 0.29) is 35.6 Å².